The molecule has 1 aromatic carbocycles. The van der Waals surface area contributed by atoms with Gasteiger partial charge in [-0.15, -0.1) is 0 Å². The van der Waals surface area contributed by atoms with Crippen LogP contribution in [0.5, 0.6) is 5.75 Å². The first-order valence-corrected chi connectivity index (χ1v) is 11.4. The average Bonchev–Trinajstić information content (AvgIpc) is 2.83. The monoisotopic (exact) mass is 513 g/mol. The molecular formula is C23H35N3O10. The molecule has 1 aliphatic heterocycles. The van der Waals surface area contributed by atoms with Gasteiger partial charge >= 0.3 is 5.97 Å². The molecule has 0 aliphatic carbocycles. The SMILES string of the molecule is COCc1ccc(OC2CC(O)CC(C(=O)O)O2)c(C(=O)NCCOCCNC(=O)C(C)(C)ON)c1. The minimum Gasteiger partial charge on any atom is -0.479 e. The molecule has 1 aromatic rings. The van der Waals surface area contributed by atoms with E-state index in [1.807, 2.05) is 0 Å². The molecule has 13 nitrogen and oxygen atoms in total. The van der Waals surface area contributed by atoms with E-state index in [2.05, 4.69) is 15.5 Å². The highest BCUT2D eigenvalue weighted by Gasteiger charge is 2.34. The molecule has 2 amide bonds. The van der Waals surface area contributed by atoms with E-state index < -0.39 is 36.0 Å². The van der Waals surface area contributed by atoms with Crippen LogP contribution in [0, 0.1) is 0 Å². The molecule has 1 fully saturated rings. The van der Waals surface area contributed by atoms with Crippen LogP contribution >= 0.6 is 0 Å². The largest absolute Gasteiger partial charge is 0.479 e. The number of benzene rings is 1. The van der Waals surface area contributed by atoms with Crippen molar-refractivity contribution >= 4 is 17.8 Å². The van der Waals surface area contributed by atoms with Gasteiger partial charge in [0.2, 0.25) is 6.29 Å². The van der Waals surface area contributed by atoms with Crippen LogP contribution in [0.3, 0.4) is 0 Å². The summed E-state index contributed by atoms with van der Waals surface area (Å²) in [5.41, 5.74) is -0.240. The van der Waals surface area contributed by atoms with Crippen molar-refractivity contribution in [3.8, 4) is 5.75 Å². The van der Waals surface area contributed by atoms with Crippen LogP contribution in [0.15, 0.2) is 18.2 Å². The number of amides is 2. The summed E-state index contributed by atoms with van der Waals surface area (Å²) in [7, 11) is 1.53. The normalized spacial score (nSPS) is 20.0. The van der Waals surface area contributed by atoms with E-state index in [0.717, 1.165) is 5.56 Å². The van der Waals surface area contributed by atoms with Gasteiger partial charge in [0.1, 0.15) is 5.75 Å². The molecule has 1 saturated heterocycles. The smallest absolute Gasteiger partial charge is 0.333 e. The van der Waals surface area contributed by atoms with Gasteiger partial charge in [-0.25, -0.2) is 10.7 Å². The summed E-state index contributed by atoms with van der Waals surface area (Å²) in [4.78, 5) is 40.6. The van der Waals surface area contributed by atoms with Crippen LogP contribution in [0.25, 0.3) is 0 Å². The maximum atomic E-state index is 12.9. The summed E-state index contributed by atoms with van der Waals surface area (Å²) >= 11 is 0. The van der Waals surface area contributed by atoms with Gasteiger partial charge in [0.25, 0.3) is 11.8 Å². The number of nitrogens with two attached hydrogens (primary N) is 1. The Balaban J connectivity index is 1.91. The predicted molar refractivity (Wildman–Crippen MR) is 125 cm³/mol. The average molecular weight is 514 g/mol. The molecule has 202 valence electrons. The third-order valence-electron chi connectivity index (χ3n) is 5.31. The molecule has 2 rings (SSSR count). The molecule has 0 saturated carbocycles. The molecule has 0 radical (unpaired) electrons. The molecule has 36 heavy (non-hydrogen) atoms. The number of carboxylic acids is 1. The van der Waals surface area contributed by atoms with Crippen molar-refractivity contribution in [3.05, 3.63) is 29.3 Å². The van der Waals surface area contributed by atoms with Gasteiger partial charge < -0.3 is 39.8 Å². The number of carbonyl (C=O) groups is 3. The highest BCUT2D eigenvalue weighted by Crippen LogP contribution is 2.27. The number of rotatable bonds is 14. The second-order valence-corrected chi connectivity index (χ2v) is 8.65. The van der Waals surface area contributed by atoms with E-state index in [0.29, 0.717) is 0 Å². The Hall–Kier alpha value is -2.81. The number of aliphatic hydroxyl groups excluding tert-OH is 1. The Morgan fingerprint density at radius 3 is 2.50 bits per heavy atom. The lowest BCUT2D eigenvalue weighted by atomic mass is 10.0. The summed E-state index contributed by atoms with van der Waals surface area (Å²) in [6.07, 6.45) is -3.14. The number of carbonyl (C=O) groups excluding carboxylic acids is 2. The molecule has 0 spiro atoms. The quantitative estimate of drug-likeness (QED) is 0.162. The standard InChI is InChI=1S/C23H35N3O10/c1-23(2,36-24)22(31)26-7-9-33-8-6-25-20(28)16-10-14(13-32-3)4-5-17(16)34-19-12-15(27)11-18(35-19)21(29)30/h4-5,10,15,18-19,27H,6-9,11-13,24H2,1-3H3,(H,25,28)(H,26,31)(H,29,30). The number of hydrogen-bond acceptors (Lipinski definition) is 10. The van der Waals surface area contributed by atoms with E-state index in [-0.39, 0.29) is 63.0 Å². The molecule has 1 aliphatic rings. The number of methoxy groups -OCH3 is 1. The zero-order chi connectivity index (χ0) is 26.7. The van der Waals surface area contributed by atoms with E-state index >= 15 is 0 Å². The van der Waals surface area contributed by atoms with E-state index in [1.165, 1.54) is 21.0 Å². The fourth-order valence-electron chi connectivity index (χ4n) is 3.29. The van der Waals surface area contributed by atoms with Crippen molar-refractivity contribution in [1.29, 1.82) is 0 Å². The zero-order valence-electron chi connectivity index (χ0n) is 20.7. The number of hydrogen-bond donors (Lipinski definition) is 5. The molecule has 6 N–H and O–H groups in total. The maximum Gasteiger partial charge on any atom is 0.333 e. The molecule has 0 aromatic heterocycles. The first-order valence-electron chi connectivity index (χ1n) is 11.4. The van der Waals surface area contributed by atoms with Crippen molar-refractivity contribution in [2.45, 2.75) is 57.4 Å². The fourth-order valence-corrected chi connectivity index (χ4v) is 3.29. The second-order valence-electron chi connectivity index (χ2n) is 8.65. The van der Waals surface area contributed by atoms with E-state index in [4.69, 9.17) is 24.8 Å². The molecule has 3 unspecified atom stereocenters. The molecule has 1 heterocycles. The van der Waals surface area contributed by atoms with Crippen LogP contribution in [0.4, 0.5) is 0 Å². The second kappa shape index (κ2) is 14.1. The predicted octanol–water partition coefficient (Wildman–Crippen LogP) is -0.306. The van der Waals surface area contributed by atoms with Crippen molar-refractivity contribution in [2.75, 3.05) is 33.4 Å². The Labute approximate surface area is 209 Å². The summed E-state index contributed by atoms with van der Waals surface area (Å²) in [6, 6.07) is 4.87. The van der Waals surface area contributed by atoms with E-state index in [9.17, 15) is 24.6 Å². The Bertz CT molecular complexity index is 895. The van der Waals surface area contributed by atoms with Crippen molar-refractivity contribution < 1.29 is 48.4 Å². The van der Waals surface area contributed by atoms with Crippen molar-refractivity contribution in [2.24, 2.45) is 5.90 Å². The van der Waals surface area contributed by atoms with Gasteiger partial charge in [-0.05, 0) is 31.5 Å². The Kier molecular flexibility index (Phi) is 11.5. The minimum absolute atomic E-state index is 0.0441. The Morgan fingerprint density at radius 2 is 1.86 bits per heavy atom. The molecule has 13 heteroatoms. The van der Waals surface area contributed by atoms with Gasteiger partial charge in [0.05, 0.1) is 31.5 Å². The molecular weight excluding hydrogens is 478 g/mol. The minimum atomic E-state index is -1.21. The van der Waals surface area contributed by atoms with Crippen LogP contribution < -0.4 is 21.3 Å². The lowest BCUT2D eigenvalue weighted by Gasteiger charge is -2.31. The lowest BCUT2D eigenvalue weighted by molar-refractivity contribution is -0.195. The highest BCUT2D eigenvalue weighted by atomic mass is 16.7. The van der Waals surface area contributed by atoms with Crippen LogP contribution in [-0.2, 0) is 35.2 Å². The number of nitrogens with one attached hydrogen (secondary N) is 2. The molecule has 3 atom stereocenters. The fraction of sp³-hybridized carbons (Fsp3) is 0.609. The van der Waals surface area contributed by atoms with Crippen LogP contribution in [0.1, 0.15) is 42.6 Å². The third-order valence-corrected chi connectivity index (χ3v) is 5.31. The van der Waals surface area contributed by atoms with Gasteiger partial charge in [-0.3, -0.25) is 14.4 Å². The van der Waals surface area contributed by atoms with Gasteiger partial charge in [0.15, 0.2) is 11.7 Å². The summed E-state index contributed by atoms with van der Waals surface area (Å²) in [5, 5.41) is 24.6. The zero-order valence-corrected chi connectivity index (χ0v) is 20.7. The maximum absolute atomic E-state index is 12.9. The summed E-state index contributed by atoms with van der Waals surface area (Å²) in [5.74, 6) is 3.21. The number of aliphatic hydroxyl groups is 1. The van der Waals surface area contributed by atoms with E-state index in [1.54, 1.807) is 18.2 Å². The first kappa shape index (κ1) is 29.4. The highest BCUT2D eigenvalue weighted by molar-refractivity contribution is 5.97. The van der Waals surface area contributed by atoms with Gasteiger partial charge in [0, 0.05) is 33.0 Å². The summed E-state index contributed by atoms with van der Waals surface area (Å²) in [6.45, 7) is 4.15. The Morgan fingerprint density at radius 1 is 1.17 bits per heavy atom. The topological polar surface area (TPSA) is 188 Å². The van der Waals surface area contributed by atoms with Gasteiger partial charge in [-0.1, -0.05) is 6.07 Å². The van der Waals surface area contributed by atoms with Crippen LogP contribution in [-0.4, -0.2) is 85.5 Å². The van der Waals surface area contributed by atoms with Crippen molar-refractivity contribution in [3.63, 3.8) is 0 Å². The van der Waals surface area contributed by atoms with Gasteiger partial charge in [-0.2, -0.15) is 0 Å². The number of ether oxygens (including phenoxy) is 4. The summed E-state index contributed by atoms with van der Waals surface area (Å²) < 4.78 is 21.7. The number of carboxylic acid groups (broad SMARTS) is 1. The number of aliphatic carboxylic acids is 1. The first-order chi connectivity index (χ1) is 17.1. The molecule has 0 bridgehead atoms. The van der Waals surface area contributed by atoms with Crippen LogP contribution in [0.2, 0.25) is 0 Å². The van der Waals surface area contributed by atoms with Crippen molar-refractivity contribution in [1.82, 2.24) is 10.6 Å². The third kappa shape index (κ3) is 9.00. The lowest BCUT2D eigenvalue weighted by Crippen LogP contribution is -2.46.